The summed E-state index contributed by atoms with van der Waals surface area (Å²) in [6, 6.07) is 8.90. The number of benzene rings is 2. The largest absolute Gasteiger partial charge is 0.416 e. The molecule has 0 amide bonds. The Morgan fingerprint density at radius 2 is 1.84 bits per heavy atom. The van der Waals surface area contributed by atoms with Crippen LogP contribution in [0, 0.1) is 0 Å². The normalized spacial score (nSPS) is 15.1. The third-order valence-corrected chi connectivity index (χ3v) is 4.99. The van der Waals surface area contributed by atoms with Crippen LogP contribution in [-0.4, -0.2) is 9.78 Å². The molecule has 2 nitrogen and oxygen atoms in total. The molecule has 4 rings (SSSR count). The van der Waals surface area contributed by atoms with Gasteiger partial charge in [-0.15, -0.1) is 0 Å². The number of hydrogen-bond donors (Lipinski definition) is 0. The Kier molecular flexibility index (Phi) is 3.96. The Bertz CT molecular complexity index is 959. The first kappa shape index (κ1) is 16.7. The van der Waals surface area contributed by atoms with Crippen molar-refractivity contribution in [1.29, 1.82) is 0 Å². The van der Waals surface area contributed by atoms with Crippen molar-refractivity contribution in [1.82, 2.24) is 9.78 Å². The van der Waals surface area contributed by atoms with Crippen molar-refractivity contribution in [3.05, 3.63) is 63.3 Å². The molecule has 25 heavy (non-hydrogen) atoms. The van der Waals surface area contributed by atoms with Gasteiger partial charge >= 0.3 is 6.18 Å². The molecule has 0 unspecified atom stereocenters. The van der Waals surface area contributed by atoms with E-state index in [9.17, 15) is 13.2 Å². The van der Waals surface area contributed by atoms with Gasteiger partial charge in [0, 0.05) is 21.3 Å². The molecule has 130 valence electrons. The van der Waals surface area contributed by atoms with Crippen molar-refractivity contribution in [3.8, 4) is 0 Å². The highest BCUT2D eigenvalue weighted by Crippen LogP contribution is 2.43. The van der Waals surface area contributed by atoms with Crippen LogP contribution in [0.15, 0.2) is 36.4 Å². The summed E-state index contributed by atoms with van der Waals surface area (Å²) in [6.45, 7) is 0.292. The van der Waals surface area contributed by atoms with Gasteiger partial charge in [-0.3, -0.25) is 4.68 Å². The molecule has 7 heteroatoms. The van der Waals surface area contributed by atoms with E-state index >= 15 is 0 Å². The number of halogens is 5. The van der Waals surface area contributed by atoms with Gasteiger partial charge in [-0.1, -0.05) is 35.3 Å². The number of nitrogens with zero attached hydrogens (tertiary/aromatic N) is 2. The van der Waals surface area contributed by atoms with Crippen LogP contribution < -0.4 is 0 Å². The first-order valence-corrected chi connectivity index (χ1v) is 8.60. The van der Waals surface area contributed by atoms with E-state index in [1.54, 1.807) is 22.9 Å². The quantitative estimate of drug-likeness (QED) is 0.518. The monoisotopic (exact) mass is 384 g/mol. The molecule has 3 aromatic rings. The number of fused-ring (bicyclic) bond motifs is 1. The maximum atomic E-state index is 13.1. The van der Waals surface area contributed by atoms with Gasteiger partial charge in [-0.05, 0) is 42.7 Å². The zero-order valence-electron chi connectivity index (χ0n) is 12.9. The van der Waals surface area contributed by atoms with E-state index in [-0.39, 0.29) is 0 Å². The molecule has 0 atom stereocenters. The summed E-state index contributed by atoms with van der Waals surface area (Å²) < 4.78 is 40.9. The van der Waals surface area contributed by atoms with Crippen LogP contribution >= 0.6 is 23.2 Å². The zero-order valence-corrected chi connectivity index (χ0v) is 14.5. The maximum absolute atomic E-state index is 13.1. The number of alkyl halides is 3. The molecular weight excluding hydrogens is 372 g/mol. The Hall–Kier alpha value is -1.72. The predicted molar refractivity (Wildman–Crippen MR) is 92.3 cm³/mol. The number of rotatable bonds is 3. The van der Waals surface area contributed by atoms with Gasteiger partial charge in [0.15, 0.2) is 0 Å². The molecule has 0 bridgehead atoms. The molecule has 0 spiro atoms. The minimum absolute atomic E-state index is 0.292. The summed E-state index contributed by atoms with van der Waals surface area (Å²) >= 11 is 12.1. The molecule has 1 aromatic heterocycles. The van der Waals surface area contributed by atoms with E-state index in [1.165, 1.54) is 6.07 Å². The summed E-state index contributed by atoms with van der Waals surface area (Å²) in [5.41, 5.74) is 1.43. The van der Waals surface area contributed by atoms with Gasteiger partial charge < -0.3 is 0 Å². The second-order valence-electron chi connectivity index (χ2n) is 6.28. The molecule has 0 radical (unpaired) electrons. The fraction of sp³-hybridized carbons (Fsp3) is 0.278. The predicted octanol–water partition coefficient (Wildman–Crippen LogP) is 6.29. The minimum Gasteiger partial charge on any atom is -0.260 e. The van der Waals surface area contributed by atoms with Crippen LogP contribution in [0.1, 0.15) is 35.6 Å². The van der Waals surface area contributed by atoms with Crippen molar-refractivity contribution in [3.63, 3.8) is 0 Å². The van der Waals surface area contributed by atoms with Crippen molar-refractivity contribution in [2.24, 2.45) is 0 Å². The molecule has 1 aliphatic rings. The Morgan fingerprint density at radius 3 is 2.48 bits per heavy atom. The van der Waals surface area contributed by atoms with Crippen molar-refractivity contribution < 1.29 is 13.2 Å². The van der Waals surface area contributed by atoms with Crippen LogP contribution in [0.4, 0.5) is 13.2 Å². The third kappa shape index (κ3) is 3.23. The van der Waals surface area contributed by atoms with E-state index in [1.807, 2.05) is 0 Å². The highest BCUT2D eigenvalue weighted by atomic mass is 35.5. The fourth-order valence-electron chi connectivity index (χ4n) is 2.97. The second-order valence-corrected chi connectivity index (χ2v) is 7.13. The van der Waals surface area contributed by atoms with E-state index in [2.05, 4.69) is 5.10 Å². The molecular formula is C18H13Cl2F3N2. The molecule has 0 aliphatic heterocycles. The molecule has 1 fully saturated rings. The Morgan fingerprint density at radius 1 is 1.08 bits per heavy atom. The summed E-state index contributed by atoms with van der Waals surface area (Å²) in [7, 11) is 0. The van der Waals surface area contributed by atoms with Gasteiger partial charge in [0.1, 0.15) is 0 Å². The van der Waals surface area contributed by atoms with Gasteiger partial charge in [0.2, 0.25) is 0 Å². The minimum atomic E-state index is -4.39. The van der Waals surface area contributed by atoms with Crippen molar-refractivity contribution in [2.75, 3.05) is 0 Å². The Labute approximate surface area is 152 Å². The second kappa shape index (κ2) is 5.92. The average molecular weight is 385 g/mol. The molecule has 2 aromatic carbocycles. The lowest BCUT2D eigenvalue weighted by molar-refractivity contribution is -0.137. The third-order valence-electron chi connectivity index (χ3n) is 4.41. The zero-order chi connectivity index (χ0) is 17.8. The van der Waals surface area contributed by atoms with Crippen LogP contribution in [0.5, 0.6) is 0 Å². The standard InChI is InChI=1S/C18H13Cl2F3N2/c19-13-5-3-11(15(20)8-13)9-25-16-7-12(18(21,22)23)4-6-14(16)17(24-25)10-1-2-10/h3-8,10H,1-2,9H2. The van der Waals surface area contributed by atoms with Gasteiger partial charge in [0.25, 0.3) is 0 Å². The summed E-state index contributed by atoms with van der Waals surface area (Å²) in [5.74, 6) is 0.334. The first-order chi connectivity index (χ1) is 11.8. The number of aromatic nitrogens is 2. The topological polar surface area (TPSA) is 17.8 Å². The SMILES string of the molecule is FC(F)(F)c1ccc2c(C3CC3)nn(Cc3ccc(Cl)cc3Cl)c2c1. The lowest BCUT2D eigenvalue weighted by Crippen LogP contribution is -2.06. The lowest BCUT2D eigenvalue weighted by atomic mass is 10.1. The molecule has 1 heterocycles. The average Bonchev–Trinajstić information content (AvgIpc) is 3.32. The fourth-order valence-corrected chi connectivity index (χ4v) is 3.43. The smallest absolute Gasteiger partial charge is 0.260 e. The molecule has 0 N–H and O–H groups in total. The summed E-state index contributed by atoms with van der Waals surface area (Å²) in [5, 5.41) is 6.35. The van der Waals surface area contributed by atoms with Crippen LogP contribution in [0.2, 0.25) is 10.0 Å². The molecule has 0 saturated heterocycles. The lowest BCUT2D eigenvalue weighted by Gasteiger charge is -2.09. The summed E-state index contributed by atoms with van der Waals surface area (Å²) in [4.78, 5) is 0. The highest BCUT2D eigenvalue weighted by molar-refractivity contribution is 6.35. The van der Waals surface area contributed by atoms with E-state index < -0.39 is 11.7 Å². The van der Waals surface area contributed by atoms with Gasteiger partial charge in [-0.2, -0.15) is 18.3 Å². The van der Waals surface area contributed by atoms with E-state index in [0.29, 0.717) is 28.0 Å². The van der Waals surface area contributed by atoms with Gasteiger partial charge in [0.05, 0.1) is 23.3 Å². The molecule has 1 saturated carbocycles. The van der Waals surface area contributed by atoms with Crippen LogP contribution in [0.25, 0.3) is 10.9 Å². The Balaban J connectivity index is 1.83. The first-order valence-electron chi connectivity index (χ1n) is 7.84. The number of hydrogen-bond acceptors (Lipinski definition) is 1. The highest BCUT2D eigenvalue weighted by Gasteiger charge is 2.33. The van der Waals surface area contributed by atoms with Crippen molar-refractivity contribution in [2.45, 2.75) is 31.5 Å². The summed E-state index contributed by atoms with van der Waals surface area (Å²) in [6.07, 6.45) is -2.34. The van der Waals surface area contributed by atoms with Crippen molar-refractivity contribution >= 4 is 34.1 Å². The van der Waals surface area contributed by atoms with E-state index in [0.717, 1.165) is 41.6 Å². The van der Waals surface area contributed by atoms with E-state index in [4.69, 9.17) is 23.2 Å². The maximum Gasteiger partial charge on any atom is 0.416 e. The molecule has 1 aliphatic carbocycles. The van der Waals surface area contributed by atoms with Gasteiger partial charge in [-0.25, -0.2) is 0 Å². The van der Waals surface area contributed by atoms with Crippen LogP contribution in [-0.2, 0) is 12.7 Å². The van der Waals surface area contributed by atoms with Crippen LogP contribution in [0.3, 0.4) is 0 Å².